The molecule has 0 bridgehead atoms. The number of carbonyl (C=O) groups excluding carboxylic acids is 1. The maximum Gasteiger partial charge on any atom is 0.213 e. The normalized spacial score (nSPS) is 15.2. The predicted molar refractivity (Wildman–Crippen MR) is 118 cm³/mol. The summed E-state index contributed by atoms with van der Waals surface area (Å²) in [5.74, 6) is 0.555. The minimum atomic E-state index is -0.234. The highest BCUT2D eigenvalue weighted by Gasteiger charge is 2.26. The number of hydrazone groups is 1. The summed E-state index contributed by atoms with van der Waals surface area (Å²) in [6.07, 6.45) is 0.868. The quantitative estimate of drug-likeness (QED) is 0.406. The molecular formula is C25H23N3O. The van der Waals surface area contributed by atoms with Gasteiger partial charge in [0, 0.05) is 16.7 Å². The second kappa shape index (κ2) is 7.84. The summed E-state index contributed by atoms with van der Waals surface area (Å²) in [4.78, 5) is 18.0. The number of fused-ring (bicyclic) bond motifs is 1. The molecule has 0 unspecified atom stereocenters. The maximum absolute atomic E-state index is 13.2. The van der Waals surface area contributed by atoms with E-state index in [0.29, 0.717) is 17.1 Å². The van der Waals surface area contributed by atoms with Gasteiger partial charge in [0.25, 0.3) is 0 Å². The number of ketones is 1. The standard InChI is InChI=1S/C25H23N3O/c1-25(2)17-20-15-9-10-16-21(20)24(26-25)28-27-22(18-11-5-3-6-12-18)23(29)19-13-7-4-8-14-19/h3-16H,17H2,1-2H3,(H,26,28)/b27-22-. The van der Waals surface area contributed by atoms with E-state index < -0.39 is 0 Å². The van der Waals surface area contributed by atoms with Crippen LogP contribution in [0.25, 0.3) is 0 Å². The number of amidine groups is 1. The lowest BCUT2D eigenvalue weighted by molar-refractivity contribution is 0.106. The van der Waals surface area contributed by atoms with Crippen molar-refractivity contribution >= 4 is 17.3 Å². The lowest BCUT2D eigenvalue weighted by Crippen LogP contribution is -2.35. The number of rotatable bonds is 4. The molecule has 0 aliphatic carbocycles. The number of hydrogen-bond acceptors (Lipinski definition) is 4. The molecule has 0 aromatic heterocycles. The van der Waals surface area contributed by atoms with Crippen molar-refractivity contribution in [2.75, 3.05) is 0 Å². The van der Waals surface area contributed by atoms with Gasteiger partial charge in [-0.1, -0.05) is 84.9 Å². The molecule has 0 atom stereocenters. The first kappa shape index (κ1) is 18.8. The van der Waals surface area contributed by atoms with E-state index in [1.54, 1.807) is 12.1 Å². The Morgan fingerprint density at radius 3 is 2.14 bits per heavy atom. The topological polar surface area (TPSA) is 53.8 Å². The Morgan fingerprint density at radius 1 is 0.862 bits per heavy atom. The van der Waals surface area contributed by atoms with E-state index in [9.17, 15) is 4.79 Å². The Morgan fingerprint density at radius 2 is 1.45 bits per heavy atom. The van der Waals surface area contributed by atoms with Crippen LogP contribution < -0.4 is 5.43 Å². The SMILES string of the molecule is CC1(C)Cc2ccccc2C(N/N=C(\C(=O)c2ccccc2)c2ccccc2)=N1. The number of Topliss-reactive ketones (excluding diaryl/α,β-unsaturated/α-hetero) is 1. The monoisotopic (exact) mass is 381 g/mol. The molecule has 144 valence electrons. The van der Waals surface area contributed by atoms with E-state index in [1.807, 2.05) is 66.7 Å². The van der Waals surface area contributed by atoms with Gasteiger partial charge in [-0.2, -0.15) is 5.10 Å². The first-order valence-corrected chi connectivity index (χ1v) is 9.70. The van der Waals surface area contributed by atoms with Crippen molar-refractivity contribution < 1.29 is 4.79 Å². The molecule has 4 nitrogen and oxygen atoms in total. The van der Waals surface area contributed by atoms with Crippen molar-refractivity contribution in [2.24, 2.45) is 10.1 Å². The van der Waals surface area contributed by atoms with Crippen molar-refractivity contribution in [1.82, 2.24) is 5.43 Å². The summed E-state index contributed by atoms with van der Waals surface area (Å²) in [7, 11) is 0. The van der Waals surface area contributed by atoms with Crippen LogP contribution in [0.1, 0.15) is 40.9 Å². The molecular weight excluding hydrogens is 358 g/mol. The van der Waals surface area contributed by atoms with Crippen molar-refractivity contribution in [1.29, 1.82) is 0 Å². The molecule has 3 aromatic carbocycles. The summed E-state index contributed by atoms with van der Waals surface area (Å²) in [6.45, 7) is 4.20. The summed E-state index contributed by atoms with van der Waals surface area (Å²) in [5, 5.41) is 4.54. The van der Waals surface area contributed by atoms with Crippen molar-refractivity contribution in [3.63, 3.8) is 0 Å². The van der Waals surface area contributed by atoms with Crippen LogP contribution in [0.4, 0.5) is 0 Å². The Hall–Kier alpha value is -3.53. The third kappa shape index (κ3) is 4.16. The van der Waals surface area contributed by atoms with Gasteiger partial charge < -0.3 is 0 Å². The van der Waals surface area contributed by atoms with Crippen LogP contribution in [-0.2, 0) is 6.42 Å². The summed E-state index contributed by atoms with van der Waals surface area (Å²) >= 11 is 0. The van der Waals surface area contributed by atoms with Crippen molar-refractivity contribution in [3.05, 3.63) is 107 Å². The van der Waals surface area contributed by atoms with Crippen LogP contribution in [0.2, 0.25) is 0 Å². The third-order valence-corrected chi connectivity index (χ3v) is 4.88. The van der Waals surface area contributed by atoms with E-state index in [0.717, 1.165) is 17.5 Å². The van der Waals surface area contributed by atoms with Crippen LogP contribution in [0.5, 0.6) is 0 Å². The van der Waals surface area contributed by atoms with Crippen LogP contribution in [0, 0.1) is 0 Å². The number of benzene rings is 3. The molecule has 29 heavy (non-hydrogen) atoms. The van der Waals surface area contributed by atoms with Crippen LogP contribution in [0.15, 0.2) is 95.0 Å². The van der Waals surface area contributed by atoms with Gasteiger partial charge in [0.15, 0.2) is 0 Å². The lowest BCUT2D eigenvalue weighted by atomic mass is 9.89. The fourth-order valence-corrected chi connectivity index (χ4v) is 3.54. The maximum atomic E-state index is 13.2. The Kier molecular flexibility index (Phi) is 5.09. The van der Waals surface area contributed by atoms with Gasteiger partial charge in [0.1, 0.15) is 11.5 Å². The van der Waals surface area contributed by atoms with Crippen molar-refractivity contribution in [3.8, 4) is 0 Å². The number of aliphatic imine (C=N–C) groups is 1. The Labute approximate surface area is 171 Å². The second-order valence-electron chi connectivity index (χ2n) is 7.74. The molecule has 1 aliphatic heterocycles. The molecule has 0 amide bonds. The van der Waals surface area contributed by atoms with E-state index in [1.165, 1.54) is 5.56 Å². The van der Waals surface area contributed by atoms with Crippen LogP contribution >= 0.6 is 0 Å². The molecule has 1 heterocycles. The van der Waals surface area contributed by atoms with Gasteiger partial charge in [-0.3, -0.25) is 15.2 Å². The number of nitrogens with zero attached hydrogens (tertiary/aromatic N) is 2. The third-order valence-electron chi connectivity index (χ3n) is 4.88. The lowest BCUT2D eigenvalue weighted by Gasteiger charge is -2.28. The van der Waals surface area contributed by atoms with Gasteiger partial charge in [-0.25, -0.2) is 0 Å². The summed E-state index contributed by atoms with van der Waals surface area (Å²) in [6, 6.07) is 26.9. The minimum absolute atomic E-state index is 0.131. The predicted octanol–water partition coefficient (Wildman–Crippen LogP) is 4.64. The zero-order valence-corrected chi connectivity index (χ0v) is 16.6. The first-order valence-electron chi connectivity index (χ1n) is 9.70. The number of nitrogens with one attached hydrogen (secondary N) is 1. The zero-order chi connectivity index (χ0) is 20.3. The van der Waals surface area contributed by atoms with E-state index in [4.69, 9.17) is 4.99 Å². The fraction of sp³-hybridized carbons (Fsp3) is 0.160. The fourth-order valence-electron chi connectivity index (χ4n) is 3.54. The Balaban J connectivity index is 1.74. The molecule has 4 heteroatoms. The molecule has 1 aliphatic rings. The molecule has 0 radical (unpaired) electrons. The minimum Gasteiger partial charge on any atom is -0.287 e. The van der Waals surface area contributed by atoms with E-state index in [-0.39, 0.29) is 11.3 Å². The van der Waals surface area contributed by atoms with Gasteiger partial charge in [0.2, 0.25) is 5.78 Å². The van der Waals surface area contributed by atoms with Gasteiger partial charge in [-0.15, -0.1) is 0 Å². The van der Waals surface area contributed by atoms with E-state index >= 15 is 0 Å². The highest BCUT2D eigenvalue weighted by molar-refractivity contribution is 6.51. The second-order valence-corrected chi connectivity index (χ2v) is 7.74. The molecule has 3 aromatic rings. The smallest absolute Gasteiger partial charge is 0.213 e. The van der Waals surface area contributed by atoms with Crippen molar-refractivity contribution in [2.45, 2.75) is 25.8 Å². The molecule has 0 spiro atoms. The average molecular weight is 381 g/mol. The van der Waals surface area contributed by atoms with Crippen LogP contribution in [0.3, 0.4) is 0 Å². The van der Waals surface area contributed by atoms with Gasteiger partial charge in [0.05, 0.1) is 5.54 Å². The largest absolute Gasteiger partial charge is 0.287 e. The van der Waals surface area contributed by atoms with Crippen LogP contribution in [-0.4, -0.2) is 22.9 Å². The zero-order valence-electron chi connectivity index (χ0n) is 16.6. The molecule has 1 N–H and O–H groups in total. The van der Waals surface area contributed by atoms with Gasteiger partial charge in [-0.05, 0) is 25.8 Å². The highest BCUT2D eigenvalue weighted by Crippen LogP contribution is 2.26. The van der Waals surface area contributed by atoms with E-state index in [2.05, 4.69) is 30.4 Å². The number of carbonyl (C=O) groups is 1. The molecule has 0 saturated carbocycles. The molecule has 0 fully saturated rings. The first-order chi connectivity index (χ1) is 14.0. The number of hydrogen-bond donors (Lipinski definition) is 1. The summed E-state index contributed by atoms with van der Waals surface area (Å²) in [5.41, 5.74) is 6.84. The average Bonchev–Trinajstić information content (AvgIpc) is 2.74. The summed E-state index contributed by atoms with van der Waals surface area (Å²) < 4.78 is 0. The molecule has 4 rings (SSSR count). The highest BCUT2D eigenvalue weighted by atomic mass is 16.1. The van der Waals surface area contributed by atoms with Gasteiger partial charge >= 0.3 is 0 Å². The molecule has 0 saturated heterocycles. The Bertz CT molecular complexity index is 1080.